The summed E-state index contributed by atoms with van der Waals surface area (Å²) in [5, 5.41) is 11.5. The number of amides is 1. The van der Waals surface area contributed by atoms with Crippen LogP contribution in [0.25, 0.3) is 10.9 Å². The SMILES string of the molecule is C=NCc1ccc(NC(=O)CC2CCC(c3cccc4[nH]ncc34)CC2)cc1. The number of anilines is 1. The number of benzene rings is 2. The fraction of sp³-hybridized carbons (Fsp3) is 0.348. The topological polar surface area (TPSA) is 70.1 Å². The summed E-state index contributed by atoms with van der Waals surface area (Å²) in [5.74, 6) is 1.13. The molecule has 0 saturated heterocycles. The molecule has 3 aromatic rings. The molecule has 4 rings (SSSR count). The number of fused-ring (bicyclic) bond motifs is 1. The molecule has 28 heavy (non-hydrogen) atoms. The largest absolute Gasteiger partial charge is 0.326 e. The Hall–Kier alpha value is -2.95. The summed E-state index contributed by atoms with van der Waals surface area (Å²) < 4.78 is 0. The zero-order valence-corrected chi connectivity index (χ0v) is 16.0. The monoisotopic (exact) mass is 374 g/mol. The highest BCUT2D eigenvalue weighted by Gasteiger charge is 2.25. The van der Waals surface area contributed by atoms with Gasteiger partial charge in [-0.2, -0.15) is 5.10 Å². The number of carbonyl (C=O) groups excluding carboxylic acids is 1. The van der Waals surface area contributed by atoms with E-state index in [4.69, 9.17) is 0 Å². The summed E-state index contributed by atoms with van der Waals surface area (Å²) in [7, 11) is 0. The third-order valence-electron chi connectivity index (χ3n) is 5.81. The van der Waals surface area contributed by atoms with Crippen molar-refractivity contribution in [1.29, 1.82) is 0 Å². The first-order valence-corrected chi connectivity index (χ1v) is 9.96. The minimum atomic E-state index is 0.106. The predicted octanol–water partition coefficient (Wildman–Crippen LogP) is 5.07. The Labute approximate surface area is 165 Å². The van der Waals surface area contributed by atoms with Crippen molar-refractivity contribution in [3.8, 4) is 0 Å². The predicted molar refractivity (Wildman–Crippen MR) is 114 cm³/mol. The molecule has 1 aromatic heterocycles. The molecule has 144 valence electrons. The van der Waals surface area contributed by atoms with Crippen molar-refractivity contribution in [2.24, 2.45) is 10.9 Å². The Kier molecular flexibility index (Phi) is 5.51. The van der Waals surface area contributed by atoms with Gasteiger partial charge in [0, 0.05) is 17.5 Å². The number of nitrogens with one attached hydrogen (secondary N) is 2. The molecule has 1 amide bonds. The van der Waals surface area contributed by atoms with Crippen LogP contribution in [0.5, 0.6) is 0 Å². The molecule has 0 radical (unpaired) electrons. The van der Waals surface area contributed by atoms with Crippen LogP contribution < -0.4 is 5.32 Å². The van der Waals surface area contributed by atoms with E-state index in [1.807, 2.05) is 30.5 Å². The number of hydrogen-bond donors (Lipinski definition) is 2. The molecule has 2 aromatic carbocycles. The maximum Gasteiger partial charge on any atom is 0.224 e. The number of hydrogen-bond acceptors (Lipinski definition) is 3. The average molecular weight is 374 g/mol. The van der Waals surface area contributed by atoms with Gasteiger partial charge in [-0.1, -0.05) is 24.3 Å². The van der Waals surface area contributed by atoms with Crippen LogP contribution in [0.1, 0.15) is 49.1 Å². The van der Waals surface area contributed by atoms with E-state index in [2.05, 4.69) is 45.4 Å². The molecule has 0 aliphatic heterocycles. The van der Waals surface area contributed by atoms with Crippen LogP contribution in [0, 0.1) is 5.92 Å². The minimum absolute atomic E-state index is 0.106. The van der Waals surface area contributed by atoms with E-state index in [1.165, 1.54) is 10.9 Å². The lowest BCUT2D eigenvalue weighted by molar-refractivity contribution is -0.117. The normalized spacial score (nSPS) is 19.4. The van der Waals surface area contributed by atoms with Gasteiger partial charge in [0.05, 0.1) is 18.3 Å². The molecule has 1 fully saturated rings. The molecule has 2 N–H and O–H groups in total. The third kappa shape index (κ3) is 4.14. The van der Waals surface area contributed by atoms with Gasteiger partial charge in [0.15, 0.2) is 0 Å². The maximum atomic E-state index is 12.4. The Balaban J connectivity index is 1.30. The summed E-state index contributed by atoms with van der Waals surface area (Å²) in [5.41, 5.74) is 4.44. The summed E-state index contributed by atoms with van der Waals surface area (Å²) in [6.07, 6.45) is 6.97. The Morgan fingerprint density at radius 2 is 1.93 bits per heavy atom. The Morgan fingerprint density at radius 3 is 2.68 bits per heavy atom. The number of rotatable bonds is 6. The lowest BCUT2D eigenvalue weighted by atomic mass is 9.77. The average Bonchev–Trinajstić information content (AvgIpc) is 3.19. The third-order valence-corrected chi connectivity index (χ3v) is 5.81. The van der Waals surface area contributed by atoms with E-state index in [0.717, 1.165) is 42.5 Å². The van der Waals surface area contributed by atoms with Gasteiger partial charge in [0.1, 0.15) is 0 Å². The minimum Gasteiger partial charge on any atom is -0.326 e. The second kappa shape index (κ2) is 8.38. The van der Waals surface area contributed by atoms with Crippen molar-refractivity contribution < 1.29 is 4.79 Å². The van der Waals surface area contributed by atoms with Crippen LogP contribution in [0.3, 0.4) is 0 Å². The molecule has 0 unspecified atom stereocenters. The Morgan fingerprint density at radius 1 is 1.14 bits per heavy atom. The van der Waals surface area contributed by atoms with E-state index in [-0.39, 0.29) is 5.91 Å². The highest BCUT2D eigenvalue weighted by atomic mass is 16.1. The van der Waals surface area contributed by atoms with Crippen LogP contribution >= 0.6 is 0 Å². The number of nitrogens with zero attached hydrogens (tertiary/aromatic N) is 2. The molecule has 1 aliphatic carbocycles. The lowest BCUT2D eigenvalue weighted by Crippen LogP contribution is -2.20. The molecule has 1 aliphatic rings. The Bertz CT molecular complexity index is 952. The first-order chi connectivity index (χ1) is 13.7. The molecule has 0 atom stereocenters. The van der Waals surface area contributed by atoms with Crippen LogP contribution in [0.2, 0.25) is 0 Å². The van der Waals surface area contributed by atoms with Crippen molar-refractivity contribution >= 4 is 29.2 Å². The molecular weight excluding hydrogens is 348 g/mol. The van der Waals surface area contributed by atoms with E-state index in [9.17, 15) is 4.79 Å². The van der Waals surface area contributed by atoms with Crippen LogP contribution in [0.15, 0.2) is 53.7 Å². The first-order valence-electron chi connectivity index (χ1n) is 9.96. The second-order valence-corrected chi connectivity index (χ2v) is 7.73. The smallest absolute Gasteiger partial charge is 0.224 e. The molecule has 5 nitrogen and oxygen atoms in total. The standard InChI is InChI=1S/C23H26N4O/c1-24-14-17-7-11-19(12-8-17)26-23(28)13-16-5-9-18(10-6-16)20-3-2-4-22-21(20)15-25-27-22/h2-4,7-8,11-12,15-16,18H,1,5-6,9-10,13-14H2,(H,25,27)(H,26,28). The molecular formula is C23H26N4O. The van der Waals surface area contributed by atoms with Gasteiger partial charge in [0.2, 0.25) is 5.91 Å². The zero-order valence-electron chi connectivity index (χ0n) is 16.0. The van der Waals surface area contributed by atoms with Crippen molar-refractivity contribution in [2.45, 2.75) is 44.6 Å². The number of aromatic nitrogens is 2. The summed E-state index contributed by atoms with van der Waals surface area (Å²) in [4.78, 5) is 16.3. The van der Waals surface area contributed by atoms with Crippen molar-refractivity contribution in [2.75, 3.05) is 5.32 Å². The first kappa shape index (κ1) is 18.4. The van der Waals surface area contributed by atoms with E-state index in [1.54, 1.807) is 0 Å². The van der Waals surface area contributed by atoms with Gasteiger partial charge in [-0.05, 0) is 73.6 Å². The number of H-pyrrole nitrogens is 1. The van der Waals surface area contributed by atoms with Crippen molar-refractivity contribution in [1.82, 2.24) is 10.2 Å². The van der Waals surface area contributed by atoms with Crippen molar-refractivity contribution in [3.05, 3.63) is 59.8 Å². The van der Waals surface area contributed by atoms with E-state index >= 15 is 0 Å². The number of aliphatic imine (C=N–C) groups is 1. The van der Waals surface area contributed by atoms with E-state index in [0.29, 0.717) is 24.8 Å². The molecule has 0 bridgehead atoms. The summed E-state index contributed by atoms with van der Waals surface area (Å²) in [6.45, 7) is 4.11. The highest BCUT2D eigenvalue weighted by molar-refractivity contribution is 5.90. The number of carbonyl (C=O) groups is 1. The summed E-state index contributed by atoms with van der Waals surface area (Å²) in [6, 6.07) is 14.2. The van der Waals surface area contributed by atoms with E-state index < -0.39 is 0 Å². The highest BCUT2D eigenvalue weighted by Crippen LogP contribution is 2.39. The maximum absolute atomic E-state index is 12.4. The van der Waals surface area contributed by atoms with Crippen LogP contribution in [0.4, 0.5) is 5.69 Å². The fourth-order valence-corrected chi connectivity index (χ4v) is 4.32. The molecule has 1 saturated carbocycles. The second-order valence-electron chi connectivity index (χ2n) is 7.73. The quantitative estimate of drug-likeness (QED) is 0.592. The van der Waals surface area contributed by atoms with Gasteiger partial charge < -0.3 is 5.32 Å². The van der Waals surface area contributed by atoms with Crippen molar-refractivity contribution in [3.63, 3.8) is 0 Å². The molecule has 1 heterocycles. The van der Waals surface area contributed by atoms with Gasteiger partial charge >= 0.3 is 0 Å². The fourth-order valence-electron chi connectivity index (χ4n) is 4.32. The van der Waals surface area contributed by atoms with Crippen LogP contribution in [-0.4, -0.2) is 22.8 Å². The van der Waals surface area contributed by atoms with Crippen LogP contribution in [-0.2, 0) is 11.3 Å². The van der Waals surface area contributed by atoms with Gasteiger partial charge in [-0.15, -0.1) is 0 Å². The van der Waals surface area contributed by atoms with Gasteiger partial charge in [-0.25, -0.2) is 0 Å². The molecule has 0 spiro atoms. The summed E-state index contributed by atoms with van der Waals surface area (Å²) >= 11 is 0. The lowest BCUT2D eigenvalue weighted by Gasteiger charge is -2.28. The van der Waals surface area contributed by atoms with Gasteiger partial charge in [0.25, 0.3) is 0 Å². The number of aromatic amines is 1. The molecule has 5 heteroatoms. The van der Waals surface area contributed by atoms with Gasteiger partial charge in [-0.3, -0.25) is 14.9 Å². The zero-order chi connectivity index (χ0) is 19.3.